The Kier molecular flexibility index (Phi) is 29.3. The molecule has 3 aliphatic rings. The molecule has 6 aromatic carbocycles. The fourth-order valence-corrected chi connectivity index (χ4v) is 12.6. The van der Waals surface area contributed by atoms with E-state index in [0.717, 1.165) is 79.6 Å². The van der Waals surface area contributed by atoms with E-state index in [2.05, 4.69) is 77.6 Å². The fraction of sp³-hybridized carbons (Fsp3) is 0.400. The molecule has 0 saturated heterocycles. The van der Waals surface area contributed by atoms with Crippen LogP contribution in [0.5, 0.6) is 0 Å². The van der Waals surface area contributed by atoms with Gasteiger partial charge in [0.25, 0.3) is 0 Å². The molecule has 9 rings (SSSR count). The lowest BCUT2D eigenvalue weighted by molar-refractivity contribution is -0.150. The number of ether oxygens (including phenoxy) is 3. The van der Waals surface area contributed by atoms with Gasteiger partial charge in [0.05, 0.1) is 6.42 Å². The Morgan fingerprint density at radius 3 is 1.05 bits per heavy atom. The normalized spacial score (nSPS) is 14.4. The fourth-order valence-electron chi connectivity index (χ4n) is 12.6. The quantitative estimate of drug-likeness (QED) is 0.00899. The van der Waals surface area contributed by atoms with Crippen LogP contribution in [0.15, 0.2) is 171 Å². The van der Waals surface area contributed by atoms with E-state index in [0.29, 0.717) is 38.5 Å². The van der Waals surface area contributed by atoms with Crippen molar-refractivity contribution in [3.8, 4) is 33.4 Å². The lowest BCUT2D eigenvalue weighted by Crippen LogP contribution is -2.54. The summed E-state index contributed by atoms with van der Waals surface area (Å²) in [5.74, 6) is -5.36. The average molecular weight is 1360 g/mol. The first-order valence-electron chi connectivity index (χ1n) is 33.9. The Morgan fingerprint density at radius 1 is 0.465 bits per heavy atom. The number of esters is 1. The number of fused-ring (bicyclic) bond motifs is 9. The predicted octanol–water partition coefficient (Wildman–Crippen LogP) is 14.9. The lowest BCUT2D eigenvalue weighted by Gasteiger charge is -2.29. The number of unbranched alkanes of at least 4 members (excludes halogenated alkanes) is 2. The van der Waals surface area contributed by atoms with Crippen LogP contribution in [-0.2, 0) is 43.0 Å². The van der Waals surface area contributed by atoms with Crippen LogP contribution >= 0.6 is 0 Å². The summed E-state index contributed by atoms with van der Waals surface area (Å²) in [7, 11) is 0. The highest BCUT2D eigenvalue weighted by atomic mass is 16.6. The maximum absolute atomic E-state index is 13.2. The minimum atomic E-state index is -1.41. The Bertz CT molecular complexity index is 3510. The average Bonchev–Trinajstić information content (AvgIpc) is 1.64. The molecule has 0 bridgehead atoms. The summed E-state index contributed by atoms with van der Waals surface area (Å²) in [5, 5.41) is 44.5. The standard InChI is InChI=1S/C30H37NO5.2C21H23NO4.C8H15NO2/c1-5-6-11-16-30(4,29(34)35)31-28(33)21(17-20(2)3)18-27(32)36-19-26-24-14-9-7-12-22(24)23-13-8-10-15-25(23)26;2*1-13(2)11-19(20(23)24)22-21(25)26-12-18-16-9-5-3-7-14(16)15-8-4-6-10-17(15)18;1-3-4-5-6-8(2,9)7(10)11/h5,7-10,12-15,20-21,26H,1,6,11,16-19H2,2-4H3,(H,31,33)(H,34,35);2*3-10,13,18-19H,11-12H2,1-2H3,(H,22,25)(H,23,24);3H,1,4-6,9H2,2H3,(H,10,11)/t21-,30+;2*19-;8-/m1000/s1. The van der Waals surface area contributed by atoms with Crippen molar-refractivity contribution in [3.05, 3.63) is 204 Å². The van der Waals surface area contributed by atoms with E-state index in [1.807, 2.05) is 139 Å². The van der Waals surface area contributed by atoms with E-state index in [1.54, 1.807) is 12.2 Å². The summed E-state index contributed by atoms with van der Waals surface area (Å²) >= 11 is 0. The van der Waals surface area contributed by atoms with Gasteiger partial charge in [-0.05, 0) is 156 Å². The maximum Gasteiger partial charge on any atom is 0.407 e. The van der Waals surface area contributed by atoms with Crippen molar-refractivity contribution < 1.29 is 73.0 Å². The number of alkyl carbamates (subject to hydrolysis) is 2. The Balaban J connectivity index is 0.000000220. The van der Waals surface area contributed by atoms with Crippen LogP contribution in [0.1, 0.15) is 171 Å². The molecule has 528 valence electrons. The van der Waals surface area contributed by atoms with Crippen LogP contribution in [0, 0.1) is 23.7 Å². The van der Waals surface area contributed by atoms with Crippen molar-refractivity contribution in [1.29, 1.82) is 0 Å². The third-order valence-electron chi connectivity index (χ3n) is 17.7. The molecule has 0 unspecified atom stereocenters. The largest absolute Gasteiger partial charge is 0.480 e. The molecular formula is C80H98N4O15. The molecule has 0 spiro atoms. The Hall–Kier alpha value is -9.88. The zero-order valence-corrected chi connectivity index (χ0v) is 58.2. The lowest BCUT2D eigenvalue weighted by atomic mass is 9.90. The van der Waals surface area contributed by atoms with Crippen LogP contribution in [-0.4, -0.2) is 111 Å². The summed E-state index contributed by atoms with van der Waals surface area (Å²) in [6.07, 6.45) is 6.80. The Labute approximate surface area is 581 Å². The van der Waals surface area contributed by atoms with Crippen LogP contribution in [0.4, 0.5) is 9.59 Å². The van der Waals surface area contributed by atoms with Gasteiger partial charge in [-0.25, -0.2) is 24.0 Å². The number of allylic oxidation sites excluding steroid dienone is 2. The molecule has 99 heavy (non-hydrogen) atoms. The van der Waals surface area contributed by atoms with Gasteiger partial charge in [-0.2, -0.15) is 0 Å². The minimum absolute atomic E-state index is 0.0403. The van der Waals surface area contributed by atoms with Gasteiger partial charge < -0.3 is 56.3 Å². The first-order valence-corrected chi connectivity index (χ1v) is 33.9. The molecule has 6 aromatic rings. The zero-order valence-electron chi connectivity index (χ0n) is 58.2. The van der Waals surface area contributed by atoms with Crippen molar-refractivity contribution in [2.24, 2.45) is 29.4 Å². The molecule has 0 fully saturated rings. The van der Waals surface area contributed by atoms with Gasteiger partial charge in [-0.3, -0.25) is 14.4 Å². The monoisotopic (exact) mass is 1350 g/mol. The molecule has 0 radical (unpaired) electrons. The SMILES string of the molecule is C=CCCC[C@](C)(N)C(=O)O.C=CCCC[C@](C)(NC(=O)[C@@H](CC(=O)OCC1c2ccccc2-c2ccccc21)CC(C)C)C(=O)O.CC(C)C[C@H](NC(=O)OCC1c2ccccc2-c2ccccc21)C(=O)O.CC(C)C[C@H](NC(=O)OCC1c2ccccc2-c2ccccc21)C(=O)O. The smallest absolute Gasteiger partial charge is 0.407 e. The summed E-state index contributed by atoms with van der Waals surface area (Å²) < 4.78 is 16.5. The van der Waals surface area contributed by atoms with Crippen LogP contribution < -0.4 is 21.7 Å². The number of aliphatic carboxylic acids is 4. The number of nitrogens with two attached hydrogens (primary N) is 1. The van der Waals surface area contributed by atoms with E-state index in [-0.39, 0.29) is 68.2 Å². The number of rotatable bonds is 30. The third-order valence-corrected chi connectivity index (χ3v) is 17.7. The summed E-state index contributed by atoms with van der Waals surface area (Å²) in [6.45, 7) is 22.4. The number of benzene rings is 6. The van der Waals surface area contributed by atoms with Crippen molar-refractivity contribution in [2.75, 3.05) is 19.8 Å². The van der Waals surface area contributed by atoms with E-state index in [9.17, 15) is 53.7 Å². The molecule has 19 nitrogen and oxygen atoms in total. The van der Waals surface area contributed by atoms with Gasteiger partial charge in [0, 0.05) is 23.7 Å². The summed E-state index contributed by atoms with van der Waals surface area (Å²) in [5.41, 5.74) is 16.6. The molecule has 9 N–H and O–H groups in total. The van der Waals surface area contributed by atoms with Gasteiger partial charge in [0.2, 0.25) is 5.91 Å². The summed E-state index contributed by atoms with van der Waals surface area (Å²) in [6, 6.07) is 46.7. The van der Waals surface area contributed by atoms with Crippen LogP contribution in [0.3, 0.4) is 0 Å². The van der Waals surface area contributed by atoms with E-state index in [1.165, 1.54) is 13.8 Å². The van der Waals surface area contributed by atoms with Crippen molar-refractivity contribution in [2.45, 2.75) is 161 Å². The number of hydrogen-bond acceptors (Lipinski definition) is 12. The molecule has 3 aliphatic carbocycles. The molecule has 0 aliphatic heterocycles. The second-order valence-electron chi connectivity index (χ2n) is 27.1. The first kappa shape index (κ1) is 78.1. The van der Waals surface area contributed by atoms with Crippen molar-refractivity contribution in [1.82, 2.24) is 16.0 Å². The number of carbonyl (C=O) groups is 8. The second-order valence-corrected chi connectivity index (χ2v) is 27.1. The van der Waals surface area contributed by atoms with Gasteiger partial charge in [-0.1, -0.05) is 199 Å². The third kappa shape index (κ3) is 22.1. The molecule has 5 atom stereocenters. The molecular weight excluding hydrogens is 1260 g/mol. The maximum atomic E-state index is 13.2. The van der Waals surface area contributed by atoms with Crippen molar-refractivity contribution in [3.63, 3.8) is 0 Å². The molecule has 19 heteroatoms. The number of nitrogens with one attached hydrogen (secondary N) is 3. The van der Waals surface area contributed by atoms with Crippen molar-refractivity contribution >= 4 is 47.9 Å². The number of carboxylic acid groups (broad SMARTS) is 4. The predicted molar refractivity (Wildman–Crippen MR) is 383 cm³/mol. The first-order chi connectivity index (χ1) is 47.1. The zero-order chi connectivity index (χ0) is 72.6. The summed E-state index contributed by atoms with van der Waals surface area (Å²) in [4.78, 5) is 95.3. The highest BCUT2D eigenvalue weighted by Crippen LogP contribution is 2.47. The van der Waals surface area contributed by atoms with E-state index >= 15 is 0 Å². The molecule has 3 amide bonds. The van der Waals surface area contributed by atoms with Crippen LogP contribution in [0.2, 0.25) is 0 Å². The topological polar surface area (TPSA) is 307 Å². The number of carboxylic acids is 4. The van der Waals surface area contributed by atoms with E-state index in [4.69, 9.17) is 25.1 Å². The highest BCUT2D eigenvalue weighted by Gasteiger charge is 2.38. The minimum Gasteiger partial charge on any atom is -0.480 e. The molecule has 0 saturated carbocycles. The Morgan fingerprint density at radius 2 is 0.768 bits per heavy atom. The second kappa shape index (κ2) is 37.2. The van der Waals surface area contributed by atoms with Gasteiger partial charge in [0.1, 0.15) is 43.0 Å². The number of carbonyl (C=O) groups excluding carboxylic acids is 4. The van der Waals surface area contributed by atoms with Gasteiger partial charge in [0.15, 0.2) is 0 Å². The highest BCUT2D eigenvalue weighted by molar-refractivity contribution is 5.90. The van der Waals surface area contributed by atoms with Crippen LogP contribution in [0.25, 0.3) is 33.4 Å². The van der Waals surface area contributed by atoms with E-state index < -0.39 is 77.0 Å². The molecule has 0 heterocycles. The number of hydrogen-bond donors (Lipinski definition) is 8. The molecule has 0 aromatic heterocycles. The number of amides is 3. The van der Waals surface area contributed by atoms with Gasteiger partial charge in [-0.15, -0.1) is 13.2 Å². The van der Waals surface area contributed by atoms with Gasteiger partial charge >= 0.3 is 42.0 Å².